The number of esters is 1. The molecule has 2 aromatic carbocycles. The zero-order valence-electron chi connectivity index (χ0n) is 16.7. The Labute approximate surface area is 181 Å². The van der Waals surface area contributed by atoms with Crippen molar-refractivity contribution in [2.45, 2.75) is 37.6 Å². The lowest BCUT2D eigenvalue weighted by Crippen LogP contribution is -2.42. The Hall–Kier alpha value is -2.42. The van der Waals surface area contributed by atoms with Crippen LogP contribution in [0, 0.1) is 13.8 Å². The number of ether oxygens (including phenoxy) is 1. The molecule has 1 aliphatic heterocycles. The number of anilines is 1. The number of rotatable bonds is 6. The highest BCUT2D eigenvalue weighted by Gasteiger charge is 2.40. The molecule has 0 aliphatic carbocycles. The Bertz CT molecular complexity index is 1050. The van der Waals surface area contributed by atoms with E-state index in [1.54, 1.807) is 6.07 Å². The fraction of sp³-hybridized carbons (Fsp3) is 0.333. The van der Waals surface area contributed by atoms with Crippen molar-refractivity contribution in [1.29, 1.82) is 0 Å². The van der Waals surface area contributed by atoms with Gasteiger partial charge >= 0.3 is 5.97 Å². The molecule has 1 amide bonds. The summed E-state index contributed by atoms with van der Waals surface area (Å²) in [5.74, 6) is -1.22. The summed E-state index contributed by atoms with van der Waals surface area (Å²) in [6.07, 6.45) is 0.867. The van der Waals surface area contributed by atoms with Gasteiger partial charge in [0.05, 0.1) is 4.90 Å². The molecule has 0 aromatic heterocycles. The Morgan fingerprint density at radius 1 is 1.17 bits per heavy atom. The molecule has 1 saturated heterocycles. The zero-order valence-corrected chi connectivity index (χ0v) is 18.3. The maximum Gasteiger partial charge on any atom is 0.324 e. The van der Waals surface area contributed by atoms with Crippen molar-refractivity contribution < 1.29 is 22.7 Å². The maximum atomic E-state index is 12.9. The lowest BCUT2D eigenvalue weighted by molar-refractivity contribution is -0.150. The summed E-state index contributed by atoms with van der Waals surface area (Å²) in [5, 5.41) is 3.13. The predicted octanol–water partition coefficient (Wildman–Crippen LogP) is 3.29. The fourth-order valence-corrected chi connectivity index (χ4v) is 5.08. The molecule has 160 valence electrons. The van der Waals surface area contributed by atoms with Crippen LogP contribution >= 0.6 is 11.6 Å². The van der Waals surface area contributed by atoms with Crippen LogP contribution in [0.15, 0.2) is 47.4 Å². The summed E-state index contributed by atoms with van der Waals surface area (Å²) in [6.45, 7) is 3.53. The highest BCUT2D eigenvalue weighted by Crippen LogP contribution is 2.27. The number of carbonyl (C=O) groups is 2. The van der Waals surface area contributed by atoms with Crippen LogP contribution in [0.5, 0.6) is 0 Å². The van der Waals surface area contributed by atoms with Gasteiger partial charge in [0.1, 0.15) is 6.04 Å². The van der Waals surface area contributed by atoms with Crippen molar-refractivity contribution in [1.82, 2.24) is 4.31 Å². The molecule has 0 spiro atoms. The van der Waals surface area contributed by atoms with Crippen LogP contribution in [0.2, 0.25) is 5.02 Å². The van der Waals surface area contributed by atoms with Gasteiger partial charge in [0.15, 0.2) is 6.61 Å². The summed E-state index contributed by atoms with van der Waals surface area (Å²) in [7, 11) is -3.87. The van der Waals surface area contributed by atoms with Crippen molar-refractivity contribution in [3.8, 4) is 0 Å². The van der Waals surface area contributed by atoms with Crippen LogP contribution in [0.1, 0.15) is 24.0 Å². The molecule has 2 aromatic rings. The molecule has 30 heavy (non-hydrogen) atoms. The topological polar surface area (TPSA) is 92.8 Å². The third kappa shape index (κ3) is 4.83. The Morgan fingerprint density at radius 2 is 1.87 bits per heavy atom. The molecule has 0 radical (unpaired) electrons. The lowest BCUT2D eigenvalue weighted by atomic mass is 10.1. The number of benzene rings is 2. The molecular formula is C21H23ClN2O5S. The number of aryl methyl sites for hydroxylation is 1. The van der Waals surface area contributed by atoms with Gasteiger partial charge in [-0.2, -0.15) is 4.31 Å². The van der Waals surface area contributed by atoms with E-state index in [0.29, 0.717) is 23.6 Å². The van der Waals surface area contributed by atoms with E-state index >= 15 is 0 Å². The van der Waals surface area contributed by atoms with E-state index in [-0.39, 0.29) is 11.4 Å². The van der Waals surface area contributed by atoms with Gasteiger partial charge in [-0.1, -0.05) is 23.7 Å². The molecule has 0 saturated carbocycles. The zero-order chi connectivity index (χ0) is 21.9. The normalized spacial score (nSPS) is 17.0. The average molecular weight is 451 g/mol. The summed E-state index contributed by atoms with van der Waals surface area (Å²) >= 11 is 5.83. The van der Waals surface area contributed by atoms with Crippen LogP contribution in [-0.4, -0.2) is 43.8 Å². The third-order valence-electron chi connectivity index (χ3n) is 5.12. The van der Waals surface area contributed by atoms with Gasteiger partial charge in [-0.05, 0) is 68.1 Å². The molecule has 1 fully saturated rings. The number of sulfonamides is 1. The van der Waals surface area contributed by atoms with E-state index in [1.165, 1.54) is 24.3 Å². The van der Waals surface area contributed by atoms with Gasteiger partial charge in [0.2, 0.25) is 10.0 Å². The number of hydrogen-bond acceptors (Lipinski definition) is 5. The second-order valence-electron chi connectivity index (χ2n) is 7.13. The number of hydrogen-bond donors (Lipinski definition) is 1. The molecule has 1 atom stereocenters. The van der Waals surface area contributed by atoms with Crippen molar-refractivity contribution in [2.24, 2.45) is 0 Å². The summed E-state index contributed by atoms with van der Waals surface area (Å²) in [4.78, 5) is 24.8. The van der Waals surface area contributed by atoms with E-state index in [1.807, 2.05) is 26.0 Å². The van der Waals surface area contributed by atoms with Crippen LogP contribution in [0.25, 0.3) is 0 Å². The SMILES string of the molecule is Cc1cccc(NC(=O)COC(=O)[C@H]2CCCN2S(=O)(=O)c2ccc(Cl)cc2)c1C. The molecule has 3 rings (SSSR count). The summed E-state index contributed by atoms with van der Waals surface area (Å²) in [6, 6.07) is 10.3. The molecule has 0 unspecified atom stereocenters. The van der Waals surface area contributed by atoms with Gasteiger partial charge in [-0.15, -0.1) is 0 Å². The molecule has 7 nitrogen and oxygen atoms in total. The van der Waals surface area contributed by atoms with Crippen molar-refractivity contribution in [3.63, 3.8) is 0 Å². The van der Waals surface area contributed by atoms with Crippen molar-refractivity contribution in [3.05, 3.63) is 58.6 Å². The standard InChI is InChI=1S/C21H23ClN2O5S/c1-14-5-3-6-18(15(14)2)23-20(25)13-29-21(26)19-7-4-12-24(19)30(27,28)17-10-8-16(22)9-11-17/h3,5-6,8-11,19H,4,7,12-13H2,1-2H3,(H,23,25)/t19-/m1/s1. The van der Waals surface area contributed by atoms with Crippen LogP contribution in [0.4, 0.5) is 5.69 Å². The van der Waals surface area contributed by atoms with Gasteiger partial charge < -0.3 is 10.1 Å². The van der Waals surface area contributed by atoms with Gasteiger partial charge in [0, 0.05) is 17.3 Å². The number of nitrogens with one attached hydrogen (secondary N) is 1. The Balaban J connectivity index is 1.63. The first kappa shape index (κ1) is 22.3. The highest BCUT2D eigenvalue weighted by atomic mass is 35.5. The van der Waals surface area contributed by atoms with E-state index < -0.39 is 34.5 Å². The van der Waals surface area contributed by atoms with Gasteiger partial charge in [0.25, 0.3) is 5.91 Å². The van der Waals surface area contributed by atoms with E-state index in [2.05, 4.69) is 5.32 Å². The van der Waals surface area contributed by atoms with Crippen molar-refractivity contribution in [2.75, 3.05) is 18.5 Å². The largest absolute Gasteiger partial charge is 0.454 e. The average Bonchev–Trinajstić information content (AvgIpc) is 3.21. The highest BCUT2D eigenvalue weighted by molar-refractivity contribution is 7.89. The molecule has 1 aliphatic rings. The molecule has 9 heteroatoms. The fourth-order valence-electron chi connectivity index (χ4n) is 3.31. The monoisotopic (exact) mass is 450 g/mol. The minimum Gasteiger partial charge on any atom is -0.454 e. The van der Waals surface area contributed by atoms with E-state index in [4.69, 9.17) is 16.3 Å². The van der Waals surface area contributed by atoms with Gasteiger partial charge in [-0.3, -0.25) is 9.59 Å². The van der Waals surface area contributed by atoms with Crippen LogP contribution in [0.3, 0.4) is 0 Å². The second kappa shape index (κ2) is 9.16. The van der Waals surface area contributed by atoms with Gasteiger partial charge in [-0.25, -0.2) is 8.42 Å². The number of carbonyl (C=O) groups excluding carboxylic acids is 2. The molecule has 0 bridgehead atoms. The summed E-state index contributed by atoms with van der Waals surface area (Å²) < 4.78 is 32.1. The van der Waals surface area contributed by atoms with Crippen molar-refractivity contribution >= 4 is 39.2 Å². The number of amides is 1. The van der Waals surface area contributed by atoms with Crippen LogP contribution in [-0.2, 0) is 24.3 Å². The van der Waals surface area contributed by atoms with E-state index in [9.17, 15) is 18.0 Å². The smallest absolute Gasteiger partial charge is 0.324 e. The second-order valence-corrected chi connectivity index (χ2v) is 9.46. The molecule has 1 heterocycles. The predicted molar refractivity (Wildman–Crippen MR) is 114 cm³/mol. The Morgan fingerprint density at radius 3 is 2.57 bits per heavy atom. The third-order valence-corrected chi connectivity index (χ3v) is 7.29. The van der Waals surface area contributed by atoms with E-state index in [0.717, 1.165) is 15.4 Å². The minimum absolute atomic E-state index is 0.0549. The minimum atomic E-state index is -3.87. The molecular weight excluding hydrogens is 428 g/mol. The first-order chi connectivity index (χ1) is 14.2. The number of halogens is 1. The van der Waals surface area contributed by atoms with Crippen LogP contribution < -0.4 is 5.32 Å². The first-order valence-corrected chi connectivity index (χ1v) is 11.3. The first-order valence-electron chi connectivity index (χ1n) is 9.50. The lowest BCUT2D eigenvalue weighted by Gasteiger charge is -2.22. The summed E-state index contributed by atoms with van der Waals surface area (Å²) in [5.41, 5.74) is 2.59. The molecule has 1 N–H and O–H groups in total. The number of nitrogens with zero attached hydrogens (tertiary/aromatic N) is 1. The quantitative estimate of drug-likeness (QED) is 0.681. The Kier molecular flexibility index (Phi) is 6.80. The maximum absolute atomic E-state index is 12.9.